The summed E-state index contributed by atoms with van der Waals surface area (Å²) in [6.07, 6.45) is 2.85. The molecule has 3 heterocycles. The second-order valence-corrected chi connectivity index (χ2v) is 7.00. The van der Waals surface area contributed by atoms with Gasteiger partial charge in [0, 0.05) is 11.1 Å². The van der Waals surface area contributed by atoms with Crippen LogP contribution in [-0.2, 0) is 33.4 Å². The highest BCUT2D eigenvalue weighted by Crippen LogP contribution is 2.51. The van der Waals surface area contributed by atoms with Crippen molar-refractivity contribution in [3.05, 3.63) is 36.5 Å². The molecule has 0 saturated carbocycles. The quantitative estimate of drug-likeness (QED) is 0.277. The molecule has 0 N–H and O–H groups in total. The Labute approximate surface area is 156 Å². The smallest absolute Gasteiger partial charge is 0.333 e. The molecule has 4 unspecified atom stereocenters. The highest BCUT2D eigenvalue weighted by atomic mass is 16.6. The zero-order valence-electron chi connectivity index (χ0n) is 15.2. The Morgan fingerprint density at radius 2 is 1.78 bits per heavy atom. The van der Waals surface area contributed by atoms with Crippen LogP contribution in [0.3, 0.4) is 0 Å². The van der Waals surface area contributed by atoms with E-state index in [1.165, 1.54) is 13.8 Å². The first kappa shape index (κ1) is 19.0. The van der Waals surface area contributed by atoms with Crippen LogP contribution in [0.1, 0.15) is 13.8 Å². The van der Waals surface area contributed by atoms with Crippen molar-refractivity contribution in [2.75, 3.05) is 19.8 Å². The van der Waals surface area contributed by atoms with Gasteiger partial charge in [0.05, 0.1) is 24.5 Å². The van der Waals surface area contributed by atoms with Crippen LogP contribution in [-0.4, -0.2) is 60.1 Å². The molecule has 4 atom stereocenters. The minimum Gasteiger partial charge on any atom is -0.460 e. The fourth-order valence-electron chi connectivity index (χ4n) is 3.60. The maximum absolute atomic E-state index is 12.9. The number of fused-ring (bicyclic) bond motifs is 5. The van der Waals surface area contributed by atoms with E-state index < -0.39 is 41.4 Å². The van der Waals surface area contributed by atoms with Crippen molar-refractivity contribution in [2.45, 2.75) is 25.6 Å². The number of hydrogen-bond donors (Lipinski definition) is 0. The first-order chi connectivity index (χ1) is 12.7. The molecule has 3 rings (SSSR count). The van der Waals surface area contributed by atoms with E-state index in [4.69, 9.17) is 14.2 Å². The van der Waals surface area contributed by atoms with Crippen molar-refractivity contribution in [3.63, 3.8) is 0 Å². The molecule has 0 aromatic carbocycles. The highest BCUT2D eigenvalue weighted by molar-refractivity contribution is 6.07. The number of carbonyl (C=O) groups excluding carboxylic acids is 4. The van der Waals surface area contributed by atoms with Gasteiger partial charge in [0.1, 0.15) is 18.8 Å². The molecule has 8 heteroatoms. The van der Waals surface area contributed by atoms with E-state index in [0.29, 0.717) is 0 Å². The van der Waals surface area contributed by atoms with Crippen LogP contribution in [0.4, 0.5) is 0 Å². The Balaban J connectivity index is 1.70. The summed E-state index contributed by atoms with van der Waals surface area (Å²) in [5, 5.41) is 0. The van der Waals surface area contributed by atoms with Gasteiger partial charge in [0.15, 0.2) is 0 Å². The molecule has 2 bridgehead atoms. The van der Waals surface area contributed by atoms with E-state index in [1.807, 2.05) is 0 Å². The Morgan fingerprint density at radius 1 is 1.15 bits per heavy atom. The second-order valence-electron chi connectivity index (χ2n) is 7.00. The molecule has 2 fully saturated rings. The molecule has 27 heavy (non-hydrogen) atoms. The first-order valence-corrected chi connectivity index (χ1v) is 8.55. The number of imide groups is 1. The number of hydrogen-bond acceptors (Lipinski definition) is 7. The lowest BCUT2D eigenvalue weighted by atomic mass is 9.77. The van der Waals surface area contributed by atoms with Gasteiger partial charge < -0.3 is 14.2 Å². The second kappa shape index (κ2) is 6.77. The molecule has 3 aliphatic rings. The van der Waals surface area contributed by atoms with Gasteiger partial charge in [0.2, 0.25) is 11.8 Å². The Morgan fingerprint density at radius 3 is 2.41 bits per heavy atom. The molecule has 144 valence electrons. The van der Waals surface area contributed by atoms with Crippen LogP contribution in [0.2, 0.25) is 0 Å². The average molecular weight is 375 g/mol. The largest absolute Gasteiger partial charge is 0.460 e. The summed E-state index contributed by atoms with van der Waals surface area (Å²) in [7, 11) is 0. The summed E-state index contributed by atoms with van der Waals surface area (Å²) >= 11 is 0. The summed E-state index contributed by atoms with van der Waals surface area (Å²) in [6, 6.07) is 0. The van der Waals surface area contributed by atoms with E-state index in [1.54, 1.807) is 12.2 Å². The van der Waals surface area contributed by atoms with Gasteiger partial charge in [-0.3, -0.25) is 14.5 Å². The summed E-state index contributed by atoms with van der Waals surface area (Å²) in [5.41, 5.74) is -0.690. The van der Waals surface area contributed by atoms with Crippen LogP contribution in [0, 0.1) is 11.8 Å². The van der Waals surface area contributed by atoms with E-state index >= 15 is 0 Å². The monoisotopic (exact) mass is 375 g/mol. The van der Waals surface area contributed by atoms with Gasteiger partial charge >= 0.3 is 11.9 Å². The van der Waals surface area contributed by atoms with E-state index in [-0.39, 0.29) is 36.8 Å². The first-order valence-electron chi connectivity index (χ1n) is 8.55. The van der Waals surface area contributed by atoms with Gasteiger partial charge in [-0.2, -0.15) is 0 Å². The third-order valence-corrected chi connectivity index (χ3v) is 4.92. The summed E-state index contributed by atoms with van der Waals surface area (Å²) in [4.78, 5) is 49.8. The van der Waals surface area contributed by atoms with Crippen molar-refractivity contribution in [3.8, 4) is 0 Å². The highest BCUT2D eigenvalue weighted by Gasteiger charge is 2.67. The van der Waals surface area contributed by atoms with Crippen LogP contribution in [0.25, 0.3) is 0 Å². The van der Waals surface area contributed by atoms with E-state index in [2.05, 4.69) is 13.2 Å². The molecule has 8 nitrogen and oxygen atoms in total. The lowest BCUT2D eigenvalue weighted by Gasteiger charge is -2.28. The van der Waals surface area contributed by atoms with Crippen molar-refractivity contribution in [1.29, 1.82) is 0 Å². The normalized spacial score (nSPS) is 30.4. The van der Waals surface area contributed by atoms with Crippen molar-refractivity contribution in [2.24, 2.45) is 11.8 Å². The minimum atomic E-state index is -1.16. The number of likely N-dealkylation sites (tertiary alicyclic amines) is 1. The molecule has 0 radical (unpaired) electrons. The van der Waals surface area contributed by atoms with Crippen LogP contribution in [0.15, 0.2) is 36.5 Å². The van der Waals surface area contributed by atoms with Gasteiger partial charge in [0.25, 0.3) is 0 Å². The fourth-order valence-corrected chi connectivity index (χ4v) is 3.60. The molecule has 0 aliphatic carbocycles. The van der Waals surface area contributed by atoms with Crippen LogP contribution >= 0.6 is 0 Å². The average Bonchev–Trinajstić information content (AvgIpc) is 3.25. The molecule has 0 aromatic rings. The van der Waals surface area contributed by atoms with Crippen molar-refractivity contribution < 1.29 is 33.4 Å². The standard InChI is InChI=1S/C19H21NO7/c1-10(2)17(23)25-8-7-20-15(21)13-12-5-6-19(27-12,14(13)16(20)22)9-26-18(24)11(3)4/h5-6,12-14H,1,3,7-9H2,2,4H3. The van der Waals surface area contributed by atoms with Crippen LogP contribution in [0.5, 0.6) is 0 Å². The zero-order valence-corrected chi connectivity index (χ0v) is 15.2. The summed E-state index contributed by atoms with van der Waals surface area (Å²) in [5.74, 6) is -3.40. The number of amides is 2. The number of nitrogens with zero attached hydrogens (tertiary/aromatic N) is 1. The van der Waals surface area contributed by atoms with Crippen molar-refractivity contribution >= 4 is 23.8 Å². The van der Waals surface area contributed by atoms with Gasteiger partial charge in [-0.25, -0.2) is 9.59 Å². The number of rotatable bonds is 7. The predicted octanol–water partition coefficient (Wildman–Crippen LogP) is 0.534. The predicted molar refractivity (Wildman–Crippen MR) is 92.0 cm³/mol. The molecular formula is C19H21NO7. The zero-order chi connectivity index (χ0) is 19.9. The van der Waals surface area contributed by atoms with E-state index in [0.717, 1.165) is 4.90 Å². The molecular weight excluding hydrogens is 354 g/mol. The number of ether oxygens (including phenoxy) is 3. The number of esters is 2. The summed E-state index contributed by atoms with van der Waals surface area (Å²) in [6.45, 7) is 9.68. The number of carbonyl (C=O) groups is 4. The molecule has 2 amide bonds. The Bertz CT molecular complexity index is 783. The Kier molecular flexibility index (Phi) is 4.77. The SMILES string of the molecule is C=C(C)C(=O)OCCN1C(=O)C2C3C=CC(COC(=O)C(=C)C)(O3)C2C1=O. The lowest BCUT2D eigenvalue weighted by molar-refractivity contribution is -0.154. The molecule has 2 saturated heterocycles. The molecule has 0 spiro atoms. The van der Waals surface area contributed by atoms with Crippen molar-refractivity contribution in [1.82, 2.24) is 4.90 Å². The lowest BCUT2D eigenvalue weighted by Crippen LogP contribution is -2.45. The minimum absolute atomic E-state index is 0.0436. The maximum Gasteiger partial charge on any atom is 0.333 e. The molecule has 3 aliphatic heterocycles. The van der Waals surface area contributed by atoms with Gasteiger partial charge in [-0.1, -0.05) is 19.2 Å². The molecule has 0 aromatic heterocycles. The third kappa shape index (κ3) is 3.10. The van der Waals surface area contributed by atoms with E-state index in [9.17, 15) is 19.2 Å². The maximum atomic E-state index is 12.9. The third-order valence-electron chi connectivity index (χ3n) is 4.92. The summed E-state index contributed by atoms with van der Waals surface area (Å²) < 4.78 is 16.0. The Hall–Kier alpha value is -2.74. The van der Waals surface area contributed by atoms with Gasteiger partial charge in [-0.15, -0.1) is 0 Å². The van der Waals surface area contributed by atoms with Crippen LogP contribution < -0.4 is 0 Å². The van der Waals surface area contributed by atoms with Gasteiger partial charge in [-0.05, 0) is 19.9 Å². The topological polar surface area (TPSA) is 99.2 Å². The fraction of sp³-hybridized carbons (Fsp3) is 0.474.